The number of hydrogen-bond acceptors (Lipinski definition) is 3. The van der Waals surface area contributed by atoms with Crippen molar-refractivity contribution < 1.29 is 4.42 Å². The fourth-order valence-corrected chi connectivity index (χ4v) is 7.47. The van der Waals surface area contributed by atoms with Gasteiger partial charge >= 0.3 is 0 Å². The van der Waals surface area contributed by atoms with Gasteiger partial charge in [0.05, 0.1) is 0 Å². The second-order valence-corrected chi connectivity index (χ2v) is 12.1. The summed E-state index contributed by atoms with van der Waals surface area (Å²) in [5.41, 5.74) is 7.64. The Bertz CT molecular complexity index is 2450. The third-order valence-corrected chi connectivity index (χ3v) is 9.56. The summed E-state index contributed by atoms with van der Waals surface area (Å²) in [4.78, 5) is 2.37. The van der Waals surface area contributed by atoms with E-state index in [1.807, 2.05) is 23.5 Å². The van der Waals surface area contributed by atoms with Gasteiger partial charge in [-0.3, -0.25) is 0 Å². The van der Waals surface area contributed by atoms with Crippen molar-refractivity contribution in [2.75, 3.05) is 4.90 Å². The minimum absolute atomic E-state index is 0.921. The van der Waals surface area contributed by atoms with Gasteiger partial charge in [0, 0.05) is 48.0 Å². The van der Waals surface area contributed by atoms with Crippen molar-refractivity contribution >= 4 is 81.3 Å². The number of benzene rings is 7. The normalized spacial score (nSPS) is 11.7. The molecule has 0 amide bonds. The highest BCUT2D eigenvalue weighted by Crippen LogP contribution is 2.42. The number of fused-ring (bicyclic) bond motifs is 7. The summed E-state index contributed by atoms with van der Waals surface area (Å²) in [6.07, 6.45) is 0. The van der Waals surface area contributed by atoms with Gasteiger partial charge in [-0.25, -0.2) is 0 Å². The van der Waals surface area contributed by atoms with Crippen molar-refractivity contribution in [3.63, 3.8) is 0 Å². The molecular formula is C40H25NOS. The van der Waals surface area contributed by atoms with E-state index in [9.17, 15) is 0 Å². The molecule has 0 spiro atoms. The molecule has 9 aromatic rings. The lowest BCUT2D eigenvalue weighted by Gasteiger charge is -2.26. The van der Waals surface area contributed by atoms with E-state index in [1.54, 1.807) is 0 Å². The van der Waals surface area contributed by atoms with Crippen LogP contribution in [-0.4, -0.2) is 0 Å². The van der Waals surface area contributed by atoms with Gasteiger partial charge in [0.25, 0.3) is 0 Å². The maximum atomic E-state index is 6.18. The monoisotopic (exact) mass is 567 g/mol. The fraction of sp³-hybridized carbons (Fsp3) is 0. The van der Waals surface area contributed by atoms with E-state index in [1.165, 1.54) is 36.7 Å². The van der Waals surface area contributed by atoms with Crippen LogP contribution in [0.1, 0.15) is 0 Å². The van der Waals surface area contributed by atoms with Crippen LogP contribution in [0.15, 0.2) is 156 Å². The summed E-state index contributed by atoms with van der Waals surface area (Å²) in [5, 5.41) is 7.26. The summed E-state index contributed by atoms with van der Waals surface area (Å²) in [5.74, 6) is 0. The van der Waals surface area contributed by atoms with Crippen molar-refractivity contribution in [2.24, 2.45) is 0 Å². The number of nitrogens with zero attached hydrogens (tertiary/aromatic N) is 1. The highest BCUT2D eigenvalue weighted by atomic mass is 32.1. The molecule has 0 aliphatic carbocycles. The van der Waals surface area contributed by atoms with Gasteiger partial charge in [0.2, 0.25) is 0 Å². The average Bonchev–Trinajstić information content (AvgIpc) is 3.62. The third-order valence-electron chi connectivity index (χ3n) is 8.43. The van der Waals surface area contributed by atoms with Crippen LogP contribution in [0.5, 0.6) is 0 Å². The van der Waals surface area contributed by atoms with E-state index < -0.39 is 0 Å². The maximum absolute atomic E-state index is 6.18. The third kappa shape index (κ3) is 4.01. The first-order chi connectivity index (χ1) is 21.3. The first-order valence-electron chi connectivity index (χ1n) is 14.5. The molecular weight excluding hydrogens is 543 g/mol. The molecule has 43 heavy (non-hydrogen) atoms. The summed E-state index contributed by atoms with van der Waals surface area (Å²) >= 11 is 1.85. The SMILES string of the molecule is c1ccc(-c2ccc(N(c3ccc4cc5oc6ccccc6c5cc4c3)c3ccc4c(c3)sc3ccccc34)cc2)cc1. The summed E-state index contributed by atoms with van der Waals surface area (Å²) in [6.45, 7) is 0. The molecule has 0 aliphatic rings. The summed E-state index contributed by atoms with van der Waals surface area (Å²) in [6, 6.07) is 54.4. The molecule has 0 atom stereocenters. The quantitative estimate of drug-likeness (QED) is 0.210. The highest BCUT2D eigenvalue weighted by Gasteiger charge is 2.16. The van der Waals surface area contributed by atoms with Crippen LogP contribution in [0.4, 0.5) is 17.1 Å². The predicted molar refractivity (Wildman–Crippen MR) is 184 cm³/mol. The van der Waals surface area contributed by atoms with Gasteiger partial charge in [-0.15, -0.1) is 11.3 Å². The second kappa shape index (κ2) is 9.59. The Balaban J connectivity index is 1.23. The zero-order valence-electron chi connectivity index (χ0n) is 23.2. The van der Waals surface area contributed by atoms with Crippen molar-refractivity contribution in [3.05, 3.63) is 152 Å². The lowest BCUT2D eigenvalue weighted by Crippen LogP contribution is -2.09. The Hall–Kier alpha value is -5.38. The van der Waals surface area contributed by atoms with Crippen LogP contribution >= 0.6 is 11.3 Å². The molecule has 0 saturated heterocycles. The molecule has 2 aromatic heterocycles. The van der Waals surface area contributed by atoms with Crippen LogP contribution in [0.2, 0.25) is 0 Å². The lowest BCUT2D eigenvalue weighted by molar-refractivity contribution is 0.669. The van der Waals surface area contributed by atoms with Crippen molar-refractivity contribution in [1.82, 2.24) is 0 Å². The van der Waals surface area contributed by atoms with Crippen LogP contribution in [0, 0.1) is 0 Å². The maximum Gasteiger partial charge on any atom is 0.136 e. The molecule has 0 N–H and O–H groups in total. The van der Waals surface area contributed by atoms with Gasteiger partial charge in [-0.2, -0.15) is 0 Å². The minimum atomic E-state index is 0.921. The number of para-hydroxylation sites is 1. The van der Waals surface area contributed by atoms with Crippen molar-refractivity contribution in [1.29, 1.82) is 0 Å². The molecule has 0 radical (unpaired) electrons. The first kappa shape index (κ1) is 24.2. The molecule has 0 saturated carbocycles. The zero-order chi connectivity index (χ0) is 28.3. The molecule has 0 fully saturated rings. The van der Waals surface area contributed by atoms with Gasteiger partial charge in [0.15, 0.2) is 0 Å². The molecule has 9 rings (SSSR count). The van der Waals surface area contributed by atoms with E-state index in [0.717, 1.165) is 44.4 Å². The number of furan rings is 1. The van der Waals surface area contributed by atoms with Gasteiger partial charge in [0.1, 0.15) is 11.2 Å². The van der Waals surface area contributed by atoms with E-state index in [-0.39, 0.29) is 0 Å². The number of anilines is 3. The predicted octanol–water partition coefficient (Wildman–Crippen LogP) is 12.2. The second-order valence-electron chi connectivity index (χ2n) is 11.0. The molecule has 0 aliphatic heterocycles. The van der Waals surface area contributed by atoms with Crippen LogP contribution < -0.4 is 4.90 Å². The molecule has 2 nitrogen and oxygen atoms in total. The van der Waals surface area contributed by atoms with E-state index in [4.69, 9.17) is 4.42 Å². The van der Waals surface area contributed by atoms with Gasteiger partial charge in [-0.1, -0.05) is 91.0 Å². The largest absolute Gasteiger partial charge is 0.456 e. The Morgan fingerprint density at radius 1 is 0.395 bits per heavy atom. The number of thiophene rings is 1. The van der Waals surface area contributed by atoms with E-state index in [0.29, 0.717) is 0 Å². The van der Waals surface area contributed by atoms with Crippen LogP contribution in [0.3, 0.4) is 0 Å². The molecule has 2 heterocycles. The summed E-state index contributed by atoms with van der Waals surface area (Å²) < 4.78 is 8.79. The van der Waals surface area contributed by atoms with Gasteiger partial charge in [-0.05, 0) is 82.6 Å². The van der Waals surface area contributed by atoms with E-state index >= 15 is 0 Å². The van der Waals surface area contributed by atoms with E-state index in [2.05, 4.69) is 144 Å². The lowest BCUT2D eigenvalue weighted by atomic mass is 10.0. The fourth-order valence-electron chi connectivity index (χ4n) is 6.33. The molecule has 0 unspecified atom stereocenters. The molecule has 7 aromatic carbocycles. The topological polar surface area (TPSA) is 16.4 Å². The zero-order valence-corrected chi connectivity index (χ0v) is 24.0. The molecule has 202 valence electrons. The molecule has 0 bridgehead atoms. The molecule has 3 heteroatoms. The summed E-state index contributed by atoms with van der Waals surface area (Å²) in [7, 11) is 0. The Kier molecular flexibility index (Phi) is 5.40. The standard InChI is InChI=1S/C40H25NOS/c1-2-8-26(9-3-1)27-14-17-30(18-15-27)41(32-20-21-35-34-11-5-7-13-39(34)43-40(35)25-32)31-19-16-28-24-38-36(23-29(28)22-31)33-10-4-6-12-37(33)42-38/h1-25H. The Labute approximate surface area is 252 Å². The van der Waals surface area contributed by atoms with Crippen LogP contribution in [0.25, 0.3) is 64.0 Å². The van der Waals surface area contributed by atoms with Crippen LogP contribution in [-0.2, 0) is 0 Å². The smallest absolute Gasteiger partial charge is 0.136 e. The Morgan fingerprint density at radius 2 is 1.07 bits per heavy atom. The average molecular weight is 568 g/mol. The number of rotatable bonds is 4. The number of hydrogen-bond donors (Lipinski definition) is 0. The Morgan fingerprint density at radius 3 is 1.95 bits per heavy atom. The van der Waals surface area contributed by atoms with Crippen molar-refractivity contribution in [2.45, 2.75) is 0 Å². The highest BCUT2D eigenvalue weighted by molar-refractivity contribution is 7.25. The first-order valence-corrected chi connectivity index (χ1v) is 15.3. The van der Waals surface area contributed by atoms with Gasteiger partial charge < -0.3 is 9.32 Å². The van der Waals surface area contributed by atoms with Crippen molar-refractivity contribution in [3.8, 4) is 11.1 Å². The minimum Gasteiger partial charge on any atom is -0.456 e.